The van der Waals surface area contributed by atoms with Gasteiger partial charge in [-0.1, -0.05) is 72.8 Å². The third kappa shape index (κ3) is 20.2. The molecule has 0 aliphatic carbocycles. The molecule has 0 spiro atoms. The van der Waals surface area contributed by atoms with Crippen molar-refractivity contribution in [3.05, 3.63) is 242 Å². The molecule has 13 nitrogen and oxygen atoms in total. The summed E-state index contributed by atoms with van der Waals surface area (Å²) < 4.78 is 74.6. The Morgan fingerprint density at radius 1 is 0.415 bits per heavy atom. The number of nitrogens with zero attached hydrogens (tertiary/aromatic N) is 8. The molecular formula is C61H50F3Ir2N8O5S3-3. The van der Waals surface area contributed by atoms with Gasteiger partial charge in [0.15, 0.2) is 0 Å². The molecule has 0 bridgehead atoms. The van der Waals surface area contributed by atoms with Gasteiger partial charge >= 0.3 is 15.6 Å². The van der Waals surface area contributed by atoms with Crippen LogP contribution in [-0.4, -0.2) is 80.3 Å². The molecule has 12 aromatic rings. The van der Waals surface area contributed by atoms with Crippen molar-refractivity contribution in [1.29, 1.82) is 0 Å². The van der Waals surface area contributed by atoms with E-state index in [0.29, 0.717) is 0 Å². The Morgan fingerprint density at radius 3 is 1.17 bits per heavy atom. The van der Waals surface area contributed by atoms with Crippen LogP contribution in [0.25, 0.3) is 89.4 Å². The van der Waals surface area contributed by atoms with Crippen LogP contribution >= 0.6 is 23.5 Å². The quantitative estimate of drug-likeness (QED) is 0.0808. The fourth-order valence-corrected chi connectivity index (χ4v) is 8.14. The number of aliphatic hydroxyl groups excluding tert-OH is 2. The van der Waals surface area contributed by atoms with Crippen molar-refractivity contribution < 1.29 is 76.6 Å². The molecule has 424 valence electrons. The third-order valence-electron chi connectivity index (χ3n) is 10.8. The normalized spacial score (nSPS) is 10.2. The number of alkyl halides is 3. The Bertz CT molecular complexity index is 3680. The smallest absolute Gasteiger partial charge is 0.400 e. The van der Waals surface area contributed by atoms with Crippen molar-refractivity contribution in [1.82, 2.24) is 37.4 Å². The Kier molecular flexibility index (Phi) is 27.8. The van der Waals surface area contributed by atoms with Gasteiger partial charge in [0.25, 0.3) is 0 Å². The van der Waals surface area contributed by atoms with E-state index in [9.17, 15) is 13.2 Å². The van der Waals surface area contributed by atoms with E-state index in [1.54, 1.807) is 0 Å². The van der Waals surface area contributed by atoms with Crippen molar-refractivity contribution in [3.63, 3.8) is 0 Å². The fraction of sp³-hybridized carbons (Fsp3) is 0.0820. The summed E-state index contributed by atoms with van der Waals surface area (Å²) in [5.74, 6) is 0. The summed E-state index contributed by atoms with van der Waals surface area (Å²) in [5.41, 5.74) is 12.9. The first-order valence-electron chi connectivity index (χ1n) is 23.9. The van der Waals surface area contributed by atoms with Gasteiger partial charge < -0.3 is 25.2 Å². The minimum Gasteiger partial charge on any atom is -0.400 e. The summed E-state index contributed by atoms with van der Waals surface area (Å²) in [4.78, 5) is 17.7. The standard InChI is InChI=1S/C17H11N3S.C17H10N3S.2C12H10N.CHF3O3S.2CH4O.2Ir/c2*1-2-4-12(5-3-1)16-10-14(8-9-18-16)13-6-7-15-17(11-13)20-21-19-15;2*1-10-6-5-9-12(13-10)11-7-3-2-4-8-11;2-1(3,4)8(5,6)7;2*1-2;;/h1-11H;1-4,6-11H;2*2-7,9H,1H3;(H,5,6,7);2*2H,1H3;;/q;3*-1;;;;;. The Hall–Kier alpha value is -7.52. The molecule has 0 unspecified atom stereocenters. The van der Waals surface area contributed by atoms with Gasteiger partial charge in [0.1, 0.15) is 22.1 Å². The summed E-state index contributed by atoms with van der Waals surface area (Å²) in [6.07, 6.45) is 3.68. The molecule has 0 saturated heterocycles. The maximum atomic E-state index is 10.7. The van der Waals surface area contributed by atoms with Crippen LogP contribution < -0.4 is 0 Å². The van der Waals surface area contributed by atoms with Crippen LogP contribution in [0.4, 0.5) is 13.2 Å². The molecule has 21 heteroatoms. The Labute approximate surface area is 508 Å². The summed E-state index contributed by atoms with van der Waals surface area (Å²) in [7, 11) is -3.84. The molecule has 0 saturated carbocycles. The molecule has 2 radical (unpaired) electrons. The van der Waals surface area contributed by atoms with Crippen LogP contribution in [0.15, 0.2) is 213 Å². The molecule has 6 aromatic heterocycles. The van der Waals surface area contributed by atoms with E-state index in [1.807, 2.05) is 178 Å². The first-order valence-corrected chi connectivity index (χ1v) is 26.8. The molecule has 82 heavy (non-hydrogen) atoms. The third-order valence-corrected chi connectivity index (χ3v) is 12.5. The zero-order chi connectivity index (χ0) is 57.3. The molecule has 0 atom stereocenters. The number of hydrogen-bond donors (Lipinski definition) is 3. The monoisotopic (exact) mass is 1510 g/mol. The molecule has 6 aromatic carbocycles. The number of benzene rings is 6. The van der Waals surface area contributed by atoms with E-state index in [0.717, 1.165) is 115 Å². The van der Waals surface area contributed by atoms with Crippen molar-refractivity contribution in [2.75, 3.05) is 14.2 Å². The second-order valence-corrected chi connectivity index (χ2v) is 18.7. The number of aryl methyl sites for hydroxylation is 2. The Balaban J connectivity index is 0.000000223. The summed E-state index contributed by atoms with van der Waals surface area (Å²) >= 11 is 2.48. The van der Waals surface area contributed by atoms with E-state index >= 15 is 0 Å². The van der Waals surface area contributed by atoms with Gasteiger partial charge in [0.2, 0.25) is 0 Å². The van der Waals surface area contributed by atoms with Crippen molar-refractivity contribution in [3.8, 4) is 67.3 Å². The molecular weight excluding hydrogens is 1460 g/mol. The average molecular weight is 1510 g/mol. The Morgan fingerprint density at radius 2 is 0.780 bits per heavy atom. The minimum atomic E-state index is -5.84. The first-order chi connectivity index (χ1) is 38.8. The topological polar surface area (TPSA) is 198 Å². The second-order valence-electron chi connectivity index (χ2n) is 16.2. The predicted molar refractivity (Wildman–Crippen MR) is 311 cm³/mol. The number of aromatic nitrogens is 8. The van der Waals surface area contributed by atoms with Crippen molar-refractivity contribution in [2.24, 2.45) is 0 Å². The zero-order valence-corrected chi connectivity index (χ0v) is 51.2. The van der Waals surface area contributed by atoms with E-state index in [4.69, 9.17) is 23.2 Å². The van der Waals surface area contributed by atoms with Crippen LogP contribution in [0.1, 0.15) is 11.4 Å². The fourth-order valence-electron chi connectivity index (χ4n) is 7.10. The molecule has 0 aliphatic rings. The number of hydrogen-bond acceptors (Lipinski definition) is 14. The van der Waals surface area contributed by atoms with Gasteiger partial charge in [-0.2, -0.15) is 39.1 Å². The number of aliphatic hydroxyl groups is 2. The van der Waals surface area contributed by atoms with Gasteiger partial charge in [-0.05, 0) is 108 Å². The first kappa shape index (κ1) is 67.0. The van der Waals surface area contributed by atoms with Crippen LogP contribution in [0, 0.1) is 32.0 Å². The maximum Gasteiger partial charge on any atom is 0.522 e. The summed E-state index contributed by atoms with van der Waals surface area (Å²) in [5, 5.41) is 14.0. The number of rotatable bonds is 6. The molecule has 0 amide bonds. The second kappa shape index (κ2) is 34.0. The largest absolute Gasteiger partial charge is 0.522 e. The molecule has 0 fully saturated rings. The van der Waals surface area contributed by atoms with E-state index in [-0.39, 0.29) is 40.2 Å². The van der Waals surface area contributed by atoms with Gasteiger partial charge in [0.05, 0.1) is 29.2 Å². The zero-order valence-electron chi connectivity index (χ0n) is 44.0. The summed E-state index contributed by atoms with van der Waals surface area (Å²) in [6.45, 7) is 3.98. The van der Waals surface area contributed by atoms with Crippen LogP contribution in [-0.2, 0) is 50.3 Å². The predicted octanol–water partition coefficient (Wildman–Crippen LogP) is 14.0. The van der Waals surface area contributed by atoms with E-state index in [1.165, 1.54) is 23.5 Å². The van der Waals surface area contributed by atoms with Gasteiger partial charge in [-0.25, -0.2) is 0 Å². The number of pyridine rings is 4. The van der Waals surface area contributed by atoms with E-state index < -0.39 is 15.6 Å². The summed E-state index contributed by atoms with van der Waals surface area (Å²) in [6, 6.07) is 75.8. The van der Waals surface area contributed by atoms with Gasteiger partial charge in [-0.3, -0.25) is 9.54 Å². The average Bonchev–Trinajstić information content (AvgIpc) is 4.28. The minimum absolute atomic E-state index is 0. The van der Waals surface area contributed by atoms with Crippen molar-refractivity contribution >= 4 is 55.6 Å². The van der Waals surface area contributed by atoms with Crippen LogP contribution in [0.3, 0.4) is 0 Å². The number of fused-ring (bicyclic) bond motifs is 2. The van der Waals surface area contributed by atoms with Gasteiger partial charge in [-0.15, -0.1) is 108 Å². The van der Waals surface area contributed by atoms with Crippen molar-refractivity contribution in [2.45, 2.75) is 19.4 Å². The van der Waals surface area contributed by atoms with Crippen LogP contribution in [0.5, 0.6) is 0 Å². The molecule has 0 aliphatic heterocycles. The molecule has 12 rings (SSSR count). The SMILES string of the molecule is CO.CO.Cc1cccc(-c2[c-]cccc2)n1.Cc1cccc(-c2[c-]cccc2)n1.O=S(=O)(O)C(F)(F)F.[Ir].[Ir].[c-]1ccccc1-c1cc(-c2ccc3nsnc3c2)ccn1.c1ccc(-c2cc(-c3ccc4nsnc4c3)ccn2)cc1. The van der Waals surface area contributed by atoms with E-state index in [2.05, 4.69) is 104 Å². The van der Waals surface area contributed by atoms with Crippen LogP contribution in [0.2, 0.25) is 0 Å². The number of halogens is 3. The molecule has 3 N–H and O–H groups in total. The van der Waals surface area contributed by atoms with Gasteiger partial charge in [0, 0.05) is 83.8 Å². The molecule has 6 heterocycles. The maximum absolute atomic E-state index is 10.7.